The predicted molar refractivity (Wildman–Crippen MR) is 95.6 cm³/mol. The van der Waals surface area contributed by atoms with E-state index >= 15 is 0 Å². The van der Waals surface area contributed by atoms with Gasteiger partial charge in [-0.1, -0.05) is 30.3 Å². The summed E-state index contributed by atoms with van der Waals surface area (Å²) in [6, 6.07) is 15.9. The van der Waals surface area contributed by atoms with Gasteiger partial charge >= 0.3 is 0 Å². The number of nitrogens with one attached hydrogen (secondary N) is 1. The molecule has 0 aliphatic carbocycles. The molecule has 0 bridgehead atoms. The molecule has 2 aliphatic heterocycles. The van der Waals surface area contributed by atoms with E-state index in [1.54, 1.807) is 0 Å². The second kappa shape index (κ2) is 7.15. The molecule has 1 unspecified atom stereocenters. The van der Waals surface area contributed by atoms with Gasteiger partial charge in [0.05, 0.1) is 5.92 Å². The Morgan fingerprint density at radius 1 is 1.12 bits per heavy atom. The molecule has 1 fully saturated rings. The van der Waals surface area contributed by atoms with E-state index in [0.717, 1.165) is 43.9 Å². The summed E-state index contributed by atoms with van der Waals surface area (Å²) in [4.78, 5) is 15.0. The topological polar surface area (TPSA) is 50.8 Å². The molecule has 25 heavy (non-hydrogen) atoms. The summed E-state index contributed by atoms with van der Waals surface area (Å²) in [5.74, 6) is 1.51. The first-order valence-electron chi connectivity index (χ1n) is 8.75. The van der Waals surface area contributed by atoms with Gasteiger partial charge < -0.3 is 14.8 Å². The fourth-order valence-corrected chi connectivity index (χ4v) is 3.47. The first-order valence-corrected chi connectivity index (χ1v) is 8.75. The molecule has 0 aromatic heterocycles. The lowest BCUT2D eigenvalue weighted by Crippen LogP contribution is -2.40. The first kappa shape index (κ1) is 16.0. The minimum atomic E-state index is 0.0166. The number of anilines is 1. The van der Waals surface area contributed by atoms with Gasteiger partial charge in [-0.15, -0.1) is 0 Å². The zero-order chi connectivity index (χ0) is 17.1. The average Bonchev–Trinajstić information content (AvgIpc) is 3.10. The Morgan fingerprint density at radius 3 is 2.84 bits per heavy atom. The number of likely N-dealkylation sites (tertiary alicyclic amines) is 1. The summed E-state index contributed by atoms with van der Waals surface area (Å²) in [6.45, 7) is 2.98. The van der Waals surface area contributed by atoms with Crippen molar-refractivity contribution in [2.24, 2.45) is 5.92 Å². The van der Waals surface area contributed by atoms with Crippen LogP contribution in [0, 0.1) is 5.92 Å². The van der Waals surface area contributed by atoms with Crippen molar-refractivity contribution >= 4 is 11.6 Å². The Balaban J connectivity index is 1.36. The standard InChI is InChI=1S/C20H22N2O3/c23-20(21-17-8-9-18-19(11-17)25-14-24-18)16-7-4-10-22(13-16)12-15-5-2-1-3-6-15/h1-3,5-6,8-9,11,16H,4,7,10,12-14H2,(H,21,23). The zero-order valence-corrected chi connectivity index (χ0v) is 14.1. The number of hydrogen-bond donors (Lipinski definition) is 1. The molecule has 5 heteroatoms. The highest BCUT2D eigenvalue weighted by atomic mass is 16.7. The maximum atomic E-state index is 12.7. The normalized spacial score (nSPS) is 19.6. The van der Waals surface area contributed by atoms with Crippen molar-refractivity contribution in [3.05, 3.63) is 54.1 Å². The average molecular weight is 338 g/mol. The summed E-state index contributed by atoms with van der Waals surface area (Å²) < 4.78 is 10.7. The van der Waals surface area contributed by atoms with Crippen molar-refractivity contribution in [3.63, 3.8) is 0 Å². The molecule has 0 spiro atoms. The van der Waals surface area contributed by atoms with Crippen LogP contribution in [-0.2, 0) is 11.3 Å². The molecule has 2 aromatic carbocycles. The fraction of sp³-hybridized carbons (Fsp3) is 0.350. The smallest absolute Gasteiger partial charge is 0.231 e. The second-order valence-electron chi connectivity index (χ2n) is 6.62. The van der Waals surface area contributed by atoms with E-state index < -0.39 is 0 Å². The van der Waals surface area contributed by atoms with Crippen LogP contribution in [0.4, 0.5) is 5.69 Å². The SMILES string of the molecule is O=C(Nc1ccc2c(c1)OCO2)C1CCCN(Cc2ccccc2)C1. The molecule has 0 saturated carbocycles. The predicted octanol–water partition coefficient (Wildman–Crippen LogP) is 3.27. The van der Waals surface area contributed by atoms with Crippen molar-refractivity contribution < 1.29 is 14.3 Å². The van der Waals surface area contributed by atoms with Crippen molar-refractivity contribution in [3.8, 4) is 11.5 Å². The van der Waals surface area contributed by atoms with Crippen LogP contribution >= 0.6 is 0 Å². The lowest BCUT2D eigenvalue weighted by Gasteiger charge is -2.32. The lowest BCUT2D eigenvalue weighted by molar-refractivity contribution is -0.121. The van der Waals surface area contributed by atoms with Gasteiger partial charge in [0.1, 0.15) is 0 Å². The van der Waals surface area contributed by atoms with E-state index in [0.29, 0.717) is 5.75 Å². The van der Waals surface area contributed by atoms with Crippen LogP contribution in [0.15, 0.2) is 48.5 Å². The van der Waals surface area contributed by atoms with Gasteiger partial charge in [0, 0.05) is 24.8 Å². The van der Waals surface area contributed by atoms with E-state index in [1.165, 1.54) is 5.56 Å². The monoisotopic (exact) mass is 338 g/mol. The van der Waals surface area contributed by atoms with Crippen LogP contribution in [0.25, 0.3) is 0 Å². The third-order valence-electron chi connectivity index (χ3n) is 4.77. The summed E-state index contributed by atoms with van der Waals surface area (Å²) in [5, 5.41) is 3.02. The first-order chi connectivity index (χ1) is 12.3. The Bertz CT molecular complexity index is 748. The lowest BCUT2D eigenvalue weighted by atomic mass is 9.96. The van der Waals surface area contributed by atoms with Crippen molar-refractivity contribution in [1.82, 2.24) is 4.90 Å². The molecule has 5 nitrogen and oxygen atoms in total. The van der Waals surface area contributed by atoms with E-state index in [9.17, 15) is 4.79 Å². The summed E-state index contributed by atoms with van der Waals surface area (Å²) in [7, 11) is 0. The summed E-state index contributed by atoms with van der Waals surface area (Å²) >= 11 is 0. The van der Waals surface area contributed by atoms with Gasteiger partial charge in [-0.3, -0.25) is 9.69 Å². The van der Waals surface area contributed by atoms with Crippen LogP contribution in [0.3, 0.4) is 0 Å². The number of hydrogen-bond acceptors (Lipinski definition) is 4. The van der Waals surface area contributed by atoms with Gasteiger partial charge in [-0.2, -0.15) is 0 Å². The molecule has 1 amide bonds. The van der Waals surface area contributed by atoms with Crippen LogP contribution in [0.5, 0.6) is 11.5 Å². The zero-order valence-electron chi connectivity index (χ0n) is 14.1. The quantitative estimate of drug-likeness (QED) is 0.930. The van der Waals surface area contributed by atoms with Crippen LogP contribution in [-0.4, -0.2) is 30.7 Å². The molecule has 0 radical (unpaired) electrons. The number of carbonyl (C=O) groups excluding carboxylic acids is 1. The molecular formula is C20H22N2O3. The van der Waals surface area contributed by atoms with E-state index in [4.69, 9.17) is 9.47 Å². The molecule has 1 N–H and O–H groups in total. The van der Waals surface area contributed by atoms with Crippen molar-refractivity contribution in [2.75, 3.05) is 25.2 Å². The number of nitrogens with zero attached hydrogens (tertiary/aromatic N) is 1. The molecule has 130 valence electrons. The Labute approximate surface area is 147 Å². The molecule has 2 heterocycles. The molecule has 4 rings (SSSR count). The Morgan fingerprint density at radius 2 is 1.96 bits per heavy atom. The van der Waals surface area contributed by atoms with E-state index in [2.05, 4.69) is 34.5 Å². The number of ether oxygens (including phenoxy) is 2. The van der Waals surface area contributed by atoms with Crippen molar-refractivity contribution in [2.45, 2.75) is 19.4 Å². The minimum absolute atomic E-state index is 0.0166. The Hall–Kier alpha value is -2.53. The van der Waals surface area contributed by atoms with Gasteiger partial charge in [-0.05, 0) is 37.1 Å². The maximum Gasteiger partial charge on any atom is 0.231 e. The van der Waals surface area contributed by atoms with Crippen molar-refractivity contribution in [1.29, 1.82) is 0 Å². The number of benzene rings is 2. The molecule has 2 aromatic rings. The Kier molecular flexibility index (Phi) is 4.57. The number of carbonyl (C=O) groups is 1. The fourth-order valence-electron chi connectivity index (χ4n) is 3.47. The molecule has 2 aliphatic rings. The van der Waals surface area contributed by atoms with Gasteiger partial charge in [0.2, 0.25) is 12.7 Å². The summed E-state index contributed by atoms with van der Waals surface area (Å²) in [6.07, 6.45) is 1.98. The molecule has 1 atom stereocenters. The maximum absolute atomic E-state index is 12.7. The number of rotatable bonds is 4. The van der Waals surface area contributed by atoms with Crippen LogP contribution in [0.1, 0.15) is 18.4 Å². The van der Waals surface area contributed by atoms with E-state index in [-0.39, 0.29) is 18.6 Å². The molecule has 1 saturated heterocycles. The number of piperidine rings is 1. The van der Waals surface area contributed by atoms with Crippen LogP contribution in [0.2, 0.25) is 0 Å². The van der Waals surface area contributed by atoms with Gasteiger partial charge in [0.15, 0.2) is 11.5 Å². The summed E-state index contributed by atoms with van der Waals surface area (Å²) in [5.41, 5.74) is 2.05. The number of fused-ring (bicyclic) bond motifs is 1. The third kappa shape index (κ3) is 3.77. The van der Waals surface area contributed by atoms with E-state index in [1.807, 2.05) is 24.3 Å². The highest BCUT2D eigenvalue weighted by molar-refractivity contribution is 5.93. The highest BCUT2D eigenvalue weighted by Gasteiger charge is 2.26. The van der Waals surface area contributed by atoms with Crippen LogP contribution < -0.4 is 14.8 Å². The van der Waals surface area contributed by atoms with Gasteiger partial charge in [0.25, 0.3) is 0 Å². The highest BCUT2D eigenvalue weighted by Crippen LogP contribution is 2.34. The van der Waals surface area contributed by atoms with Gasteiger partial charge in [-0.25, -0.2) is 0 Å². The third-order valence-corrected chi connectivity index (χ3v) is 4.77. The largest absolute Gasteiger partial charge is 0.454 e. The second-order valence-corrected chi connectivity index (χ2v) is 6.62. The molecular weight excluding hydrogens is 316 g/mol. The number of amides is 1. The minimum Gasteiger partial charge on any atom is -0.454 e.